The first kappa shape index (κ1) is 14.9. The summed E-state index contributed by atoms with van der Waals surface area (Å²) in [6, 6.07) is 0. The lowest BCUT2D eigenvalue weighted by atomic mass is 9.76. The predicted molar refractivity (Wildman–Crippen MR) is 73.2 cm³/mol. The van der Waals surface area contributed by atoms with Crippen LogP contribution in [0.1, 0.15) is 47.5 Å². The largest absolute Gasteiger partial charge is 0.377 e. The number of ketones is 2. The van der Waals surface area contributed by atoms with Gasteiger partial charge in [0.05, 0.1) is 6.42 Å². The van der Waals surface area contributed by atoms with Crippen molar-refractivity contribution in [1.29, 1.82) is 0 Å². The maximum atomic E-state index is 12.1. The number of nitrogens with zero attached hydrogens (tertiary/aromatic N) is 1. The molecule has 102 valence electrons. The van der Waals surface area contributed by atoms with Crippen LogP contribution in [0.25, 0.3) is 0 Å². The monoisotopic (exact) mass is 251 g/mol. The summed E-state index contributed by atoms with van der Waals surface area (Å²) in [6.45, 7) is 11.9. The van der Waals surface area contributed by atoms with Gasteiger partial charge in [0.25, 0.3) is 0 Å². The Morgan fingerprint density at radius 3 is 2.50 bits per heavy atom. The molecular formula is C15H25NO2. The smallest absolute Gasteiger partial charge is 0.168 e. The van der Waals surface area contributed by atoms with Gasteiger partial charge in [-0.05, 0) is 24.7 Å². The van der Waals surface area contributed by atoms with Gasteiger partial charge in [0, 0.05) is 24.9 Å². The van der Waals surface area contributed by atoms with Gasteiger partial charge in [0.2, 0.25) is 0 Å². The summed E-state index contributed by atoms with van der Waals surface area (Å²) < 4.78 is 0. The highest BCUT2D eigenvalue weighted by atomic mass is 16.1. The van der Waals surface area contributed by atoms with E-state index in [-0.39, 0.29) is 23.4 Å². The first-order valence-electron chi connectivity index (χ1n) is 6.71. The van der Waals surface area contributed by atoms with Crippen molar-refractivity contribution in [3.8, 4) is 0 Å². The molecule has 18 heavy (non-hydrogen) atoms. The number of hydrogen-bond acceptors (Lipinski definition) is 3. The van der Waals surface area contributed by atoms with E-state index in [0.29, 0.717) is 5.92 Å². The van der Waals surface area contributed by atoms with Gasteiger partial charge < -0.3 is 4.90 Å². The lowest BCUT2D eigenvalue weighted by molar-refractivity contribution is -0.124. The number of Topliss-reactive ketones (excluding diaryl/α,β-unsaturated/α-hetero) is 2. The minimum Gasteiger partial charge on any atom is -0.377 e. The van der Waals surface area contributed by atoms with Crippen molar-refractivity contribution in [2.45, 2.75) is 47.5 Å². The van der Waals surface area contributed by atoms with Crippen LogP contribution in [0.2, 0.25) is 0 Å². The summed E-state index contributed by atoms with van der Waals surface area (Å²) in [5.74, 6) is 0.505. The Kier molecular flexibility index (Phi) is 4.71. The van der Waals surface area contributed by atoms with Crippen LogP contribution in [0.3, 0.4) is 0 Å². The molecule has 1 aliphatic rings. The zero-order chi connectivity index (χ0) is 13.9. The number of rotatable bonds is 5. The maximum Gasteiger partial charge on any atom is 0.168 e. The third kappa shape index (κ3) is 3.97. The van der Waals surface area contributed by atoms with Gasteiger partial charge in [-0.15, -0.1) is 0 Å². The molecule has 3 heteroatoms. The van der Waals surface area contributed by atoms with Crippen molar-refractivity contribution in [2.75, 3.05) is 13.1 Å². The highest BCUT2D eigenvalue weighted by Gasteiger charge is 2.32. The molecule has 1 heterocycles. The Hall–Kier alpha value is -1.12. The van der Waals surface area contributed by atoms with E-state index >= 15 is 0 Å². The minimum absolute atomic E-state index is 0.0130. The SMILES string of the molecule is CC(=O)CC(=O)C1=CN(CC(C)C)CCC1(C)C. The van der Waals surface area contributed by atoms with Gasteiger partial charge in [-0.2, -0.15) is 0 Å². The van der Waals surface area contributed by atoms with Crippen LogP contribution in [-0.2, 0) is 9.59 Å². The molecule has 1 aliphatic heterocycles. The van der Waals surface area contributed by atoms with Crippen molar-refractivity contribution in [3.63, 3.8) is 0 Å². The highest BCUT2D eigenvalue weighted by molar-refractivity contribution is 6.07. The molecule has 0 aromatic heterocycles. The summed E-state index contributed by atoms with van der Waals surface area (Å²) in [6.07, 6.45) is 2.98. The molecule has 0 aromatic rings. The van der Waals surface area contributed by atoms with Gasteiger partial charge in [0.15, 0.2) is 5.78 Å². The van der Waals surface area contributed by atoms with E-state index in [0.717, 1.165) is 25.1 Å². The third-order valence-electron chi connectivity index (χ3n) is 3.37. The quantitative estimate of drug-likeness (QED) is 0.705. The summed E-state index contributed by atoms with van der Waals surface area (Å²) in [5.41, 5.74) is 0.699. The lowest BCUT2D eigenvalue weighted by Gasteiger charge is -2.37. The van der Waals surface area contributed by atoms with Crippen molar-refractivity contribution >= 4 is 11.6 Å². The van der Waals surface area contributed by atoms with Crippen molar-refractivity contribution in [1.82, 2.24) is 4.90 Å². The molecule has 0 aromatic carbocycles. The Morgan fingerprint density at radius 2 is 2.00 bits per heavy atom. The molecule has 0 unspecified atom stereocenters. The number of carbonyl (C=O) groups excluding carboxylic acids is 2. The Morgan fingerprint density at radius 1 is 1.39 bits per heavy atom. The van der Waals surface area contributed by atoms with E-state index in [9.17, 15) is 9.59 Å². The second-order valence-electron chi connectivity index (χ2n) is 6.37. The van der Waals surface area contributed by atoms with Crippen molar-refractivity contribution in [3.05, 3.63) is 11.8 Å². The van der Waals surface area contributed by atoms with Crippen LogP contribution in [0.4, 0.5) is 0 Å². The first-order chi connectivity index (χ1) is 8.22. The lowest BCUT2D eigenvalue weighted by Crippen LogP contribution is -2.36. The van der Waals surface area contributed by atoms with E-state index in [1.165, 1.54) is 6.92 Å². The summed E-state index contributed by atoms with van der Waals surface area (Å²) >= 11 is 0. The molecule has 0 aliphatic carbocycles. The van der Waals surface area contributed by atoms with Crippen LogP contribution in [0.5, 0.6) is 0 Å². The van der Waals surface area contributed by atoms with E-state index in [1.807, 2.05) is 6.20 Å². The van der Waals surface area contributed by atoms with Gasteiger partial charge in [-0.3, -0.25) is 9.59 Å². The van der Waals surface area contributed by atoms with Crippen LogP contribution >= 0.6 is 0 Å². The fourth-order valence-corrected chi connectivity index (χ4v) is 2.36. The zero-order valence-electron chi connectivity index (χ0n) is 12.2. The Balaban J connectivity index is 2.89. The molecule has 3 nitrogen and oxygen atoms in total. The molecule has 0 bridgehead atoms. The molecule has 0 radical (unpaired) electrons. The second kappa shape index (κ2) is 5.68. The standard InChI is InChI=1S/C15H25NO2/c1-11(2)9-16-7-6-15(4,5)13(10-16)14(18)8-12(3)17/h10-11H,6-9H2,1-5H3. The summed E-state index contributed by atoms with van der Waals surface area (Å²) in [4.78, 5) is 25.5. The van der Waals surface area contributed by atoms with Crippen LogP contribution in [0.15, 0.2) is 11.8 Å². The van der Waals surface area contributed by atoms with E-state index in [4.69, 9.17) is 0 Å². The topological polar surface area (TPSA) is 37.4 Å². The van der Waals surface area contributed by atoms with Crippen LogP contribution in [-0.4, -0.2) is 29.6 Å². The second-order valence-corrected chi connectivity index (χ2v) is 6.37. The molecule has 0 saturated carbocycles. The highest BCUT2D eigenvalue weighted by Crippen LogP contribution is 2.35. The molecule has 0 spiro atoms. The van der Waals surface area contributed by atoms with Crippen molar-refractivity contribution < 1.29 is 9.59 Å². The fourth-order valence-electron chi connectivity index (χ4n) is 2.36. The first-order valence-corrected chi connectivity index (χ1v) is 6.71. The fraction of sp³-hybridized carbons (Fsp3) is 0.733. The summed E-state index contributed by atoms with van der Waals surface area (Å²) in [5, 5.41) is 0. The normalized spacial score (nSPS) is 18.8. The van der Waals surface area contributed by atoms with E-state index in [1.54, 1.807) is 0 Å². The predicted octanol–water partition coefficient (Wildman–Crippen LogP) is 2.81. The third-order valence-corrected chi connectivity index (χ3v) is 3.37. The molecule has 1 rings (SSSR count). The van der Waals surface area contributed by atoms with E-state index < -0.39 is 0 Å². The molecule has 0 atom stereocenters. The molecule has 0 amide bonds. The number of carbonyl (C=O) groups is 2. The van der Waals surface area contributed by atoms with Crippen LogP contribution in [0, 0.1) is 11.3 Å². The van der Waals surface area contributed by atoms with Crippen LogP contribution < -0.4 is 0 Å². The minimum atomic E-state index is -0.111. The number of hydrogen-bond donors (Lipinski definition) is 0. The molecular weight excluding hydrogens is 226 g/mol. The Bertz CT molecular complexity index is 367. The summed E-state index contributed by atoms with van der Waals surface area (Å²) in [7, 11) is 0. The average Bonchev–Trinajstić information content (AvgIpc) is 2.18. The Labute approximate surface area is 110 Å². The zero-order valence-corrected chi connectivity index (χ0v) is 12.2. The van der Waals surface area contributed by atoms with Gasteiger partial charge in [0.1, 0.15) is 5.78 Å². The molecule has 0 fully saturated rings. The van der Waals surface area contributed by atoms with E-state index in [2.05, 4.69) is 32.6 Å². The molecule has 0 N–H and O–H groups in total. The maximum absolute atomic E-state index is 12.1. The van der Waals surface area contributed by atoms with Crippen molar-refractivity contribution in [2.24, 2.45) is 11.3 Å². The average molecular weight is 251 g/mol. The van der Waals surface area contributed by atoms with Gasteiger partial charge >= 0.3 is 0 Å². The van der Waals surface area contributed by atoms with Gasteiger partial charge in [-0.1, -0.05) is 27.7 Å². The number of allylic oxidation sites excluding steroid dienone is 1. The van der Waals surface area contributed by atoms with Gasteiger partial charge in [-0.25, -0.2) is 0 Å². The molecule has 0 saturated heterocycles.